The zero-order valence-corrected chi connectivity index (χ0v) is 14.4. The predicted octanol–water partition coefficient (Wildman–Crippen LogP) is 3.72. The van der Waals surface area contributed by atoms with Crippen molar-refractivity contribution in [2.24, 2.45) is 5.92 Å². The first-order valence-corrected chi connectivity index (χ1v) is 8.44. The summed E-state index contributed by atoms with van der Waals surface area (Å²) in [6.45, 7) is 14.1. The van der Waals surface area contributed by atoms with Crippen molar-refractivity contribution in [2.45, 2.75) is 65.1 Å². The molecule has 1 aromatic carbocycles. The Morgan fingerprint density at radius 3 is 2.52 bits per heavy atom. The minimum Gasteiger partial charge on any atom is -0.311 e. The molecule has 2 atom stereocenters. The third-order valence-electron chi connectivity index (χ3n) is 4.96. The molecule has 0 spiro atoms. The molecule has 0 aromatic heterocycles. The first kappa shape index (κ1) is 16.5. The van der Waals surface area contributed by atoms with Crippen LogP contribution in [0.2, 0.25) is 0 Å². The quantitative estimate of drug-likeness (QED) is 0.888. The zero-order valence-electron chi connectivity index (χ0n) is 14.4. The van der Waals surface area contributed by atoms with Gasteiger partial charge in [-0.1, -0.05) is 44.2 Å². The molecule has 1 heterocycles. The van der Waals surface area contributed by atoms with E-state index in [1.54, 1.807) is 0 Å². The van der Waals surface area contributed by atoms with E-state index in [0.717, 1.165) is 19.5 Å². The average Bonchev–Trinajstić information content (AvgIpc) is 2.46. The lowest BCUT2D eigenvalue weighted by molar-refractivity contribution is 0.00830. The van der Waals surface area contributed by atoms with Crippen LogP contribution in [-0.2, 0) is 6.42 Å². The Kier molecular flexibility index (Phi) is 5.45. The summed E-state index contributed by atoms with van der Waals surface area (Å²) in [5, 5.41) is 3.65. The lowest BCUT2D eigenvalue weighted by atomic mass is 9.87. The molecule has 118 valence electrons. The van der Waals surface area contributed by atoms with E-state index in [1.807, 2.05) is 0 Å². The fourth-order valence-corrected chi connectivity index (χ4v) is 3.46. The van der Waals surface area contributed by atoms with Gasteiger partial charge in [-0.15, -0.1) is 0 Å². The van der Waals surface area contributed by atoms with Gasteiger partial charge in [-0.3, -0.25) is 4.90 Å². The van der Waals surface area contributed by atoms with Gasteiger partial charge in [0.15, 0.2) is 0 Å². The van der Waals surface area contributed by atoms with Gasteiger partial charge in [0.25, 0.3) is 0 Å². The number of nitrogens with zero attached hydrogens (tertiary/aromatic N) is 1. The van der Waals surface area contributed by atoms with Crippen molar-refractivity contribution in [3.05, 3.63) is 35.9 Å². The Labute approximate surface area is 130 Å². The third-order valence-corrected chi connectivity index (χ3v) is 4.96. The molecule has 2 nitrogen and oxygen atoms in total. The maximum atomic E-state index is 3.65. The molecule has 21 heavy (non-hydrogen) atoms. The molecule has 0 radical (unpaired) electrons. The predicted molar refractivity (Wildman–Crippen MR) is 91.6 cm³/mol. The Bertz CT molecular complexity index is 424. The first-order valence-electron chi connectivity index (χ1n) is 8.44. The molecule has 1 aromatic rings. The second-order valence-corrected chi connectivity index (χ2v) is 7.57. The lowest BCUT2D eigenvalue weighted by Crippen LogP contribution is -2.63. The number of nitrogens with one attached hydrogen (secondary N) is 1. The number of piperazine rings is 1. The van der Waals surface area contributed by atoms with Crippen LogP contribution in [0.5, 0.6) is 0 Å². The fourth-order valence-electron chi connectivity index (χ4n) is 3.46. The minimum absolute atomic E-state index is 0.251. The van der Waals surface area contributed by atoms with Crippen molar-refractivity contribution in [3.8, 4) is 0 Å². The summed E-state index contributed by atoms with van der Waals surface area (Å²) in [5.41, 5.74) is 1.70. The van der Waals surface area contributed by atoms with Gasteiger partial charge in [0.2, 0.25) is 0 Å². The number of hydrogen-bond donors (Lipinski definition) is 1. The van der Waals surface area contributed by atoms with Crippen LogP contribution >= 0.6 is 0 Å². The van der Waals surface area contributed by atoms with E-state index in [4.69, 9.17) is 0 Å². The molecule has 2 heteroatoms. The topological polar surface area (TPSA) is 15.3 Å². The molecule has 1 N–H and O–H groups in total. The second-order valence-electron chi connectivity index (χ2n) is 7.57. The summed E-state index contributed by atoms with van der Waals surface area (Å²) in [4.78, 5) is 2.75. The van der Waals surface area contributed by atoms with E-state index in [-0.39, 0.29) is 5.54 Å². The fraction of sp³-hybridized carbons (Fsp3) is 0.684. The van der Waals surface area contributed by atoms with E-state index >= 15 is 0 Å². The summed E-state index contributed by atoms with van der Waals surface area (Å²) in [5.74, 6) is 0.695. The summed E-state index contributed by atoms with van der Waals surface area (Å²) >= 11 is 0. The Balaban J connectivity index is 2.04. The SMILES string of the molecule is CC1CN(C(C)(C)CCc2ccccc2)C(C(C)C)CN1. The van der Waals surface area contributed by atoms with E-state index in [1.165, 1.54) is 12.0 Å². The summed E-state index contributed by atoms with van der Waals surface area (Å²) < 4.78 is 0. The van der Waals surface area contributed by atoms with Gasteiger partial charge >= 0.3 is 0 Å². The number of hydrogen-bond acceptors (Lipinski definition) is 2. The van der Waals surface area contributed by atoms with Crippen molar-refractivity contribution >= 4 is 0 Å². The van der Waals surface area contributed by atoms with Crippen LogP contribution in [0.25, 0.3) is 0 Å². The zero-order chi connectivity index (χ0) is 15.5. The molecule has 0 bridgehead atoms. The van der Waals surface area contributed by atoms with Gasteiger partial charge in [0, 0.05) is 30.7 Å². The standard InChI is InChI=1S/C19H32N2/c1-15(2)18-13-20-16(3)14-21(18)19(4,5)12-11-17-9-7-6-8-10-17/h6-10,15-16,18,20H,11-14H2,1-5H3. The molecular weight excluding hydrogens is 256 g/mol. The van der Waals surface area contributed by atoms with Crippen molar-refractivity contribution < 1.29 is 0 Å². The molecule has 0 saturated carbocycles. The molecule has 0 amide bonds. The molecule has 1 fully saturated rings. The molecule has 0 aliphatic carbocycles. The van der Waals surface area contributed by atoms with Crippen LogP contribution < -0.4 is 5.32 Å². The largest absolute Gasteiger partial charge is 0.311 e. The van der Waals surface area contributed by atoms with Crippen LogP contribution in [0, 0.1) is 5.92 Å². The number of benzene rings is 1. The van der Waals surface area contributed by atoms with Crippen LogP contribution in [0.3, 0.4) is 0 Å². The molecule has 1 aliphatic rings. The van der Waals surface area contributed by atoms with E-state index in [9.17, 15) is 0 Å². The van der Waals surface area contributed by atoms with Crippen LogP contribution in [-0.4, -0.2) is 35.6 Å². The Hall–Kier alpha value is -0.860. The van der Waals surface area contributed by atoms with Gasteiger partial charge in [-0.2, -0.15) is 0 Å². The summed E-state index contributed by atoms with van der Waals surface area (Å²) in [7, 11) is 0. The van der Waals surface area contributed by atoms with Crippen LogP contribution in [0.15, 0.2) is 30.3 Å². The van der Waals surface area contributed by atoms with Gasteiger partial charge in [-0.05, 0) is 45.1 Å². The van der Waals surface area contributed by atoms with E-state index < -0.39 is 0 Å². The van der Waals surface area contributed by atoms with Gasteiger partial charge in [0.1, 0.15) is 0 Å². The Morgan fingerprint density at radius 2 is 1.90 bits per heavy atom. The maximum absolute atomic E-state index is 3.65. The van der Waals surface area contributed by atoms with Gasteiger partial charge in [-0.25, -0.2) is 0 Å². The van der Waals surface area contributed by atoms with Gasteiger partial charge in [0.05, 0.1) is 0 Å². The minimum atomic E-state index is 0.251. The Morgan fingerprint density at radius 1 is 1.24 bits per heavy atom. The maximum Gasteiger partial charge on any atom is 0.0249 e. The third kappa shape index (κ3) is 4.31. The van der Waals surface area contributed by atoms with Crippen molar-refractivity contribution in [2.75, 3.05) is 13.1 Å². The normalized spacial score (nSPS) is 24.5. The highest BCUT2D eigenvalue weighted by atomic mass is 15.3. The monoisotopic (exact) mass is 288 g/mol. The van der Waals surface area contributed by atoms with E-state index in [0.29, 0.717) is 18.0 Å². The molecule has 1 aliphatic heterocycles. The summed E-state index contributed by atoms with van der Waals surface area (Å²) in [6.07, 6.45) is 2.38. The van der Waals surface area contributed by atoms with Crippen molar-refractivity contribution in [1.29, 1.82) is 0 Å². The highest BCUT2D eigenvalue weighted by Gasteiger charge is 2.37. The van der Waals surface area contributed by atoms with Crippen LogP contribution in [0.4, 0.5) is 0 Å². The van der Waals surface area contributed by atoms with Crippen LogP contribution in [0.1, 0.15) is 46.6 Å². The van der Waals surface area contributed by atoms with Crippen molar-refractivity contribution in [3.63, 3.8) is 0 Å². The highest BCUT2D eigenvalue weighted by molar-refractivity contribution is 5.15. The second kappa shape index (κ2) is 6.93. The highest BCUT2D eigenvalue weighted by Crippen LogP contribution is 2.28. The first-order chi connectivity index (χ1) is 9.90. The molecular formula is C19H32N2. The van der Waals surface area contributed by atoms with Crippen molar-refractivity contribution in [1.82, 2.24) is 10.2 Å². The summed E-state index contributed by atoms with van der Waals surface area (Å²) in [6, 6.07) is 12.1. The molecule has 2 unspecified atom stereocenters. The number of aryl methyl sites for hydroxylation is 1. The number of rotatable bonds is 5. The van der Waals surface area contributed by atoms with Gasteiger partial charge < -0.3 is 5.32 Å². The smallest absolute Gasteiger partial charge is 0.0249 e. The lowest BCUT2D eigenvalue weighted by Gasteiger charge is -2.50. The molecule has 1 saturated heterocycles. The average molecular weight is 288 g/mol. The molecule has 2 rings (SSSR count). The van der Waals surface area contributed by atoms with E-state index in [2.05, 4.69) is 75.2 Å².